The summed E-state index contributed by atoms with van der Waals surface area (Å²) in [5.41, 5.74) is 1.73. The van der Waals surface area contributed by atoms with E-state index in [2.05, 4.69) is 5.32 Å². The highest BCUT2D eigenvalue weighted by molar-refractivity contribution is 6.06. The molecule has 2 rings (SSSR count). The van der Waals surface area contributed by atoms with E-state index in [0.717, 1.165) is 5.56 Å². The first kappa shape index (κ1) is 18.3. The van der Waals surface area contributed by atoms with Crippen LogP contribution in [0.2, 0.25) is 0 Å². The third-order valence-electron chi connectivity index (χ3n) is 3.20. The molecule has 0 aliphatic carbocycles. The molecule has 7 heteroatoms. The summed E-state index contributed by atoms with van der Waals surface area (Å²) >= 11 is 0. The number of hydrogen-bond donors (Lipinski definition) is 2. The van der Waals surface area contributed by atoms with Gasteiger partial charge in [-0.05, 0) is 42.8 Å². The van der Waals surface area contributed by atoms with Gasteiger partial charge in [0.1, 0.15) is 0 Å². The van der Waals surface area contributed by atoms with Crippen LogP contribution in [0.3, 0.4) is 0 Å². The molecule has 130 valence electrons. The fourth-order valence-corrected chi connectivity index (χ4v) is 1.93. The van der Waals surface area contributed by atoms with Crippen molar-refractivity contribution in [3.05, 3.63) is 65.7 Å². The molecule has 0 spiro atoms. The summed E-state index contributed by atoms with van der Waals surface area (Å²) in [6.07, 6.45) is -3.24. The number of hydrogen-bond acceptors (Lipinski definition) is 2. The van der Waals surface area contributed by atoms with E-state index in [-0.39, 0.29) is 11.6 Å². The quantitative estimate of drug-likeness (QED) is 0.813. The van der Waals surface area contributed by atoms with Crippen LogP contribution in [0.1, 0.15) is 12.5 Å². The molecule has 0 heterocycles. The molecule has 0 unspecified atom stereocenters. The maximum absolute atomic E-state index is 12.2. The van der Waals surface area contributed by atoms with E-state index >= 15 is 0 Å². The zero-order valence-corrected chi connectivity index (χ0v) is 13.2. The maximum Gasteiger partial charge on any atom is 0.471 e. The van der Waals surface area contributed by atoms with Gasteiger partial charge in [0, 0.05) is 16.9 Å². The molecule has 0 fully saturated rings. The lowest BCUT2D eigenvalue weighted by Crippen LogP contribution is -2.29. The highest BCUT2D eigenvalue weighted by atomic mass is 19.4. The van der Waals surface area contributed by atoms with Crippen LogP contribution in [0.4, 0.5) is 24.5 Å². The van der Waals surface area contributed by atoms with Gasteiger partial charge in [0.15, 0.2) is 0 Å². The zero-order chi connectivity index (χ0) is 18.4. The minimum atomic E-state index is -4.95. The Labute approximate surface area is 142 Å². The van der Waals surface area contributed by atoms with Crippen LogP contribution in [0.15, 0.2) is 60.2 Å². The molecule has 25 heavy (non-hydrogen) atoms. The van der Waals surface area contributed by atoms with Crippen LogP contribution in [0, 0.1) is 0 Å². The third-order valence-corrected chi connectivity index (χ3v) is 3.20. The van der Waals surface area contributed by atoms with Crippen molar-refractivity contribution < 1.29 is 22.8 Å². The van der Waals surface area contributed by atoms with Crippen molar-refractivity contribution in [2.24, 2.45) is 0 Å². The van der Waals surface area contributed by atoms with Crippen molar-refractivity contribution in [3.63, 3.8) is 0 Å². The summed E-state index contributed by atoms with van der Waals surface area (Å²) < 4.78 is 36.5. The van der Waals surface area contributed by atoms with Crippen molar-refractivity contribution in [2.45, 2.75) is 13.1 Å². The first-order valence-corrected chi connectivity index (χ1v) is 7.28. The lowest BCUT2D eigenvalue weighted by molar-refractivity contribution is -0.167. The lowest BCUT2D eigenvalue weighted by atomic mass is 10.1. The average Bonchev–Trinajstić information content (AvgIpc) is 2.56. The number of amides is 2. The molecule has 2 aromatic carbocycles. The van der Waals surface area contributed by atoms with Gasteiger partial charge in [0.05, 0.1) is 0 Å². The number of carbonyl (C=O) groups excluding carboxylic acids is 2. The van der Waals surface area contributed by atoms with Gasteiger partial charge in [0.2, 0.25) is 0 Å². The van der Waals surface area contributed by atoms with Crippen LogP contribution in [0.5, 0.6) is 0 Å². The largest absolute Gasteiger partial charge is 0.471 e. The monoisotopic (exact) mass is 348 g/mol. The minimum absolute atomic E-state index is 0.0168. The SMILES string of the molecule is C/C(=C\c1ccccc1)C(=O)Nc1ccc(NC(=O)C(F)(F)F)cc1. The Bertz CT molecular complexity index is 782. The molecule has 0 aliphatic heterocycles. The second-order valence-electron chi connectivity index (χ2n) is 5.22. The summed E-state index contributed by atoms with van der Waals surface area (Å²) in [7, 11) is 0. The number of alkyl halides is 3. The molecule has 2 aromatic rings. The summed E-state index contributed by atoms with van der Waals surface area (Å²) in [6.45, 7) is 1.65. The number of benzene rings is 2. The summed E-state index contributed by atoms with van der Waals surface area (Å²) in [6, 6.07) is 14.6. The predicted octanol–water partition coefficient (Wildman–Crippen LogP) is 4.23. The van der Waals surface area contributed by atoms with Gasteiger partial charge in [-0.2, -0.15) is 13.2 Å². The van der Waals surface area contributed by atoms with Crippen molar-refractivity contribution in [3.8, 4) is 0 Å². The van der Waals surface area contributed by atoms with Gasteiger partial charge in [0.25, 0.3) is 5.91 Å². The first-order chi connectivity index (χ1) is 11.8. The maximum atomic E-state index is 12.2. The molecule has 0 bridgehead atoms. The number of halogens is 3. The van der Waals surface area contributed by atoms with Crippen LogP contribution >= 0.6 is 0 Å². The van der Waals surface area contributed by atoms with Gasteiger partial charge in [-0.15, -0.1) is 0 Å². The highest BCUT2D eigenvalue weighted by Crippen LogP contribution is 2.20. The van der Waals surface area contributed by atoms with E-state index in [1.807, 2.05) is 30.3 Å². The summed E-state index contributed by atoms with van der Waals surface area (Å²) in [5.74, 6) is -2.39. The molecule has 4 nitrogen and oxygen atoms in total. The highest BCUT2D eigenvalue weighted by Gasteiger charge is 2.38. The standard InChI is InChI=1S/C18H15F3N2O2/c1-12(11-13-5-3-2-4-6-13)16(24)22-14-7-9-15(10-8-14)23-17(25)18(19,20)21/h2-11H,1H3,(H,22,24)(H,23,25)/b12-11+. The van der Waals surface area contributed by atoms with Crippen LogP contribution in [-0.2, 0) is 9.59 Å². The van der Waals surface area contributed by atoms with Crippen molar-refractivity contribution >= 4 is 29.3 Å². The Balaban J connectivity index is 2.00. The molecule has 0 aromatic heterocycles. The number of anilines is 2. The molecule has 2 N–H and O–H groups in total. The minimum Gasteiger partial charge on any atom is -0.322 e. The molecule has 0 saturated carbocycles. The topological polar surface area (TPSA) is 58.2 Å². The Kier molecular flexibility index (Phi) is 5.59. The molecule has 0 saturated heterocycles. The van der Waals surface area contributed by atoms with E-state index < -0.39 is 12.1 Å². The van der Waals surface area contributed by atoms with Crippen molar-refractivity contribution in [1.82, 2.24) is 0 Å². The number of carbonyl (C=O) groups is 2. The smallest absolute Gasteiger partial charge is 0.322 e. The van der Waals surface area contributed by atoms with E-state index in [4.69, 9.17) is 0 Å². The van der Waals surface area contributed by atoms with Crippen molar-refractivity contribution in [2.75, 3.05) is 10.6 Å². The fourth-order valence-electron chi connectivity index (χ4n) is 1.93. The van der Waals surface area contributed by atoms with E-state index in [9.17, 15) is 22.8 Å². The Morgan fingerprint density at radius 1 is 0.880 bits per heavy atom. The molecule has 0 atom stereocenters. The summed E-state index contributed by atoms with van der Waals surface area (Å²) in [4.78, 5) is 23.0. The Morgan fingerprint density at radius 2 is 1.40 bits per heavy atom. The van der Waals surface area contributed by atoms with Gasteiger partial charge >= 0.3 is 12.1 Å². The average molecular weight is 348 g/mol. The van der Waals surface area contributed by atoms with Crippen LogP contribution in [-0.4, -0.2) is 18.0 Å². The molecule has 2 amide bonds. The molecular formula is C18H15F3N2O2. The molecular weight excluding hydrogens is 333 g/mol. The molecule has 0 radical (unpaired) electrons. The van der Waals surface area contributed by atoms with E-state index in [0.29, 0.717) is 11.3 Å². The van der Waals surface area contributed by atoms with E-state index in [1.165, 1.54) is 24.3 Å². The van der Waals surface area contributed by atoms with E-state index in [1.54, 1.807) is 18.3 Å². The second kappa shape index (κ2) is 7.65. The Morgan fingerprint density at radius 3 is 1.92 bits per heavy atom. The van der Waals surface area contributed by atoms with Crippen LogP contribution in [0.25, 0.3) is 6.08 Å². The van der Waals surface area contributed by atoms with Gasteiger partial charge in [-0.3, -0.25) is 9.59 Å². The van der Waals surface area contributed by atoms with Gasteiger partial charge in [-0.1, -0.05) is 30.3 Å². The Hall–Kier alpha value is -3.09. The normalized spacial score (nSPS) is 11.8. The van der Waals surface area contributed by atoms with Crippen LogP contribution < -0.4 is 10.6 Å². The summed E-state index contributed by atoms with van der Waals surface area (Å²) in [5, 5.41) is 4.36. The van der Waals surface area contributed by atoms with Gasteiger partial charge in [-0.25, -0.2) is 0 Å². The second-order valence-corrected chi connectivity index (χ2v) is 5.22. The zero-order valence-electron chi connectivity index (χ0n) is 13.2. The lowest BCUT2D eigenvalue weighted by Gasteiger charge is -2.09. The van der Waals surface area contributed by atoms with Crippen molar-refractivity contribution in [1.29, 1.82) is 0 Å². The number of nitrogens with one attached hydrogen (secondary N) is 2. The first-order valence-electron chi connectivity index (χ1n) is 7.28. The number of rotatable bonds is 4. The molecule has 0 aliphatic rings. The fraction of sp³-hybridized carbons (Fsp3) is 0.111. The van der Waals surface area contributed by atoms with Gasteiger partial charge < -0.3 is 10.6 Å². The third kappa shape index (κ3) is 5.49. The predicted molar refractivity (Wildman–Crippen MR) is 89.8 cm³/mol.